The Morgan fingerprint density at radius 3 is 2.68 bits per heavy atom. The number of carbonyl (C=O) groups is 2. The Kier molecular flexibility index (Phi) is 5.65. The number of carbonyl (C=O) groups excluding carboxylic acids is 2. The van der Waals surface area contributed by atoms with Gasteiger partial charge >= 0.3 is 0 Å². The molecule has 1 saturated heterocycles. The molecule has 25 heavy (non-hydrogen) atoms. The highest BCUT2D eigenvalue weighted by molar-refractivity contribution is 6.02. The second-order valence-corrected chi connectivity index (χ2v) is 6.25. The molecule has 0 bridgehead atoms. The van der Waals surface area contributed by atoms with E-state index in [2.05, 4.69) is 22.5 Å². The minimum absolute atomic E-state index is 0.126. The van der Waals surface area contributed by atoms with Crippen molar-refractivity contribution in [2.24, 2.45) is 10.9 Å². The van der Waals surface area contributed by atoms with Gasteiger partial charge in [-0.15, -0.1) is 0 Å². The van der Waals surface area contributed by atoms with Crippen LogP contribution in [-0.2, 0) is 20.7 Å². The third-order valence-electron chi connectivity index (χ3n) is 4.46. The van der Waals surface area contributed by atoms with Gasteiger partial charge in [-0.2, -0.15) is 0 Å². The lowest BCUT2D eigenvalue weighted by molar-refractivity contribution is -0.127. The summed E-state index contributed by atoms with van der Waals surface area (Å²) in [6.07, 6.45) is 1.08. The first kappa shape index (κ1) is 17.4. The minimum atomic E-state index is -0.431. The van der Waals surface area contributed by atoms with Crippen molar-refractivity contribution in [3.8, 4) is 0 Å². The fourth-order valence-electron chi connectivity index (χ4n) is 2.90. The smallest absolute Gasteiger partial charge is 0.232 e. The van der Waals surface area contributed by atoms with Crippen molar-refractivity contribution in [2.45, 2.75) is 19.8 Å². The molecular formula is C18H24N4O3. The standard InChI is InChI=1S/C18H24N4O3/c1-2-13-3-5-15(6-4-13)20-16(23)11-14-12-19-18(21-17(14)24)22-7-9-25-10-8-22/h3-6,14H,2,7-12H2,1H3,(H,20,23)(H,19,21,24). The number of nitrogens with zero attached hydrogens (tertiary/aromatic N) is 2. The summed E-state index contributed by atoms with van der Waals surface area (Å²) in [5, 5.41) is 5.66. The molecule has 2 aliphatic heterocycles. The molecule has 0 aliphatic carbocycles. The molecule has 0 aromatic heterocycles. The van der Waals surface area contributed by atoms with Crippen molar-refractivity contribution in [2.75, 3.05) is 38.2 Å². The van der Waals surface area contributed by atoms with Crippen LogP contribution in [0.1, 0.15) is 18.9 Å². The zero-order valence-corrected chi connectivity index (χ0v) is 14.5. The Bertz CT molecular complexity index is 651. The van der Waals surface area contributed by atoms with E-state index in [-0.39, 0.29) is 18.2 Å². The number of guanidine groups is 1. The monoisotopic (exact) mass is 344 g/mol. The Balaban J connectivity index is 1.53. The van der Waals surface area contributed by atoms with Gasteiger partial charge in [-0.05, 0) is 24.1 Å². The molecule has 0 saturated carbocycles. The van der Waals surface area contributed by atoms with E-state index in [1.54, 1.807) is 0 Å². The molecule has 7 heteroatoms. The largest absolute Gasteiger partial charge is 0.378 e. The molecule has 2 N–H and O–H groups in total. The number of rotatable bonds is 4. The van der Waals surface area contributed by atoms with Crippen LogP contribution < -0.4 is 10.6 Å². The zero-order valence-electron chi connectivity index (χ0n) is 14.5. The summed E-state index contributed by atoms with van der Waals surface area (Å²) in [4.78, 5) is 30.9. The molecule has 1 aromatic carbocycles. The number of morpholine rings is 1. The number of hydrogen-bond donors (Lipinski definition) is 2. The van der Waals surface area contributed by atoms with Crippen LogP contribution in [0.3, 0.4) is 0 Å². The molecule has 1 unspecified atom stereocenters. The number of aryl methyl sites for hydroxylation is 1. The highest BCUT2D eigenvalue weighted by atomic mass is 16.5. The Hall–Kier alpha value is -2.41. The first-order chi connectivity index (χ1) is 12.2. The average Bonchev–Trinajstić information content (AvgIpc) is 2.65. The molecule has 1 fully saturated rings. The summed E-state index contributed by atoms with van der Waals surface area (Å²) in [5.41, 5.74) is 1.96. The predicted molar refractivity (Wildman–Crippen MR) is 95.4 cm³/mol. The molecule has 2 heterocycles. The van der Waals surface area contributed by atoms with Gasteiger partial charge in [0.2, 0.25) is 17.8 Å². The molecule has 134 valence electrons. The van der Waals surface area contributed by atoms with E-state index in [0.717, 1.165) is 25.2 Å². The summed E-state index contributed by atoms with van der Waals surface area (Å²) in [6, 6.07) is 7.74. The maximum atomic E-state index is 12.3. The molecule has 2 amide bonds. The summed E-state index contributed by atoms with van der Waals surface area (Å²) < 4.78 is 5.30. The van der Waals surface area contributed by atoms with Gasteiger partial charge in [0.15, 0.2) is 0 Å². The summed E-state index contributed by atoms with van der Waals surface area (Å²) >= 11 is 0. The van der Waals surface area contributed by atoms with Crippen LogP contribution >= 0.6 is 0 Å². The second-order valence-electron chi connectivity index (χ2n) is 6.25. The quantitative estimate of drug-likeness (QED) is 0.854. The van der Waals surface area contributed by atoms with Crippen LogP contribution in [0.15, 0.2) is 29.3 Å². The fraction of sp³-hybridized carbons (Fsp3) is 0.500. The lowest BCUT2D eigenvalue weighted by atomic mass is 10.0. The SMILES string of the molecule is CCc1ccc(NC(=O)CC2CN=C(N3CCOCC3)NC2=O)cc1. The lowest BCUT2D eigenvalue weighted by Crippen LogP contribution is -2.53. The zero-order chi connectivity index (χ0) is 17.6. The van der Waals surface area contributed by atoms with E-state index in [9.17, 15) is 9.59 Å². The van der Waals surface area contributed by atoms with E-state index in [1.165, 1.54) is 5.56 Å². The number of ether oxygens (including phenoxy) is 1. The van der Waals surface area contributed by atoms with Crippen molar-refractivity contribution in [1.82, 2.24) is 10.2 Å². The number of hydrogen-bond acceptors (Lipinski definition) is 5. The lowest BCUT2D eigenvalue weighted by Gasteiger charge is -2.32. The topological polar surface area (TPSA) is 83.0 Å². The predicted octanol–water partition coefficient (Wildman–Crippen LogP) is 1.01. The highest BCUT2D eigenvalue weighted by Gasteiger charge is 2.29. The molecule has 1 aromatic rings. The number of benzene rings is 1. The number of aliphatic imine (C=N–C) groups is 1. The Morgan fingerprint density at radius 2 is 2.04 bits per heavy atom. The molecule has 1 atom stereocenters. The molecule has 3 rings (SSSR count). The number of nitrogens with one attached hydrogen (secondary N) is 2. The molecule has 0 radical (unpaired) electrons. The van der Waals surface area contributed by atoms with Crippen LogP contribution in [-0.4, -0.2) is 55.5 Å². The van der Waals surface area contributed by atoms with E-state index in [0.29, 0.717) is 25.7 Å². The van der Waals surface area contributed by atoms with Crippen LogP contribution in [0.4, 0.5) is 5.69 Å². The normalized spacial score (nSPS) is 20.7. The third kappa shape index (κ3) is 4.57. The Labute approximate surface area is 147 Å². The van der Waals surface area contributed by atoms with E-state index in [4.69, 9.17) is 4.74 Å². The number of amides is 2. The van der Waals surface area contributed by atoms with Gasteiger partial charge in [0.25, 0.3) is 0 Å². The van der Waals surface area contributed by atoms with Crippen LogP contribution in [0.2, 0.25) is 0 Å². The highest BCUT2D eigenvalue weighted by Crippen LogP contribution is 2.14. The van der Waals surface area contributed by atoms with Crippen molar-refractivity contribution in [3.05, 3.63) is 29.8 Å². The van der Waals surface area contributed by atoms with E-state index < -0.39 is 5.92 Å². The van der Waals surface area contributed by atoms with Crippen molar-refractivity contribution < 1.29 is 14.3 Å². The van der Waals surface area contributed by atoms with Gasteiger partial charge in [-0.1, -0.05) is 19.1 Å². The second kappa shape index (κ2) is 8.11. The minimum Gasteiger partial charge on any atom is -0.378 e. The van der Waals surface area contributed by atoms with Gasteiger partial charge in [-0.25, -0.2) is 0 Å². The van der Waals surface area contributed by atoms with Crippen molar-refractivity contribution >= 4 is 23.5 Å². The molecular weight excluding hydrogens is 320 g/mol. The molecule has 0 spiro atoms. The first-order valence-electron chi connectivity index (χ1n) is 8.72. The van der Waals surface area contributed by atoms with Crippen molar-refractivity contribution in [3.63, 3.8) is 0 Å². The van der Waals surface area contributed by atoms with Gasteiger partial charge in [0.1, 0.15) is 0 Å². The summed E-state index contributed by atoms with van der Waals surface area (Å²) in [7, 11) is 0. The first-order valence-corrected chi connectivity index (χ1v) is 8.72. The van der Waals surface area contributed by atoms with Crippen LogP contribution in [0.5, 0.6) is 0 Å². The van der Waals surface area contributed by atoms with Gasteiger partial charge in [0.05, 0.1) is 25.7 Å². The molecule has 7 nitrogen and oxygen atoms in total. The summed E-state index contributed by atoms with van der Waals surface area (Å²) in [6.45, 7) is 5.13. The van der Waals surface area contributed by atoms with E-state index in [1.807, 2.05) is 29.2 Å². The third-order valence-corrected chi connectivity index (χ3v) is 4.46. The number of anilines is 1. The van der Waals surface area contributed by atoms with E-state index >= 15 is 0 Å². The van der Waals surface area contributed by atoms with Crippen LogP contribution in [0.25, 0.3) is 0 Å². The maximum Gasteiger partial charge on any atom is 0.232 e. The Morgan fingerprint density at radius 1 is 1.32 bits per heavy atom. The van der Waals surface area contributed by atoms with Gasteiger partial charge in [0, 0.05) is 25.2 Å². The summed E-state index contributed by atoms with van der Waals surface area (Å²) in [5.74, 6) is -0.151. The average molecular weight is 344 g/mol. The molecule has 2 aliphatic rings. The maximum absolute atomic E-state index is 12.3. The van der Waals surface area contributed by atoms with Gasteiger partial charge in [-0.3, -0.25) is 19.9 Å². The fourth-order valence-corrected chi connectivity index (χ4v) is 2.90. The van der Waals surface area contributed by atoms with Crippen molar-refractivity contribution in [1.29, 1.82) is 0 Å². The van der Waals surface area contributed by atoms with Gasteiger partial charge < -0.3 is 15.0 Å². The van der Waals surface area contributed by atoms with Crippen LogP contribution in [0, 0.1) is 5.92 Å².